The first-order valence-corrected chi connectivity index (χ1v) is 7.64. The van der Waals surface area contributed by atoms with Gasteiger partial charge in [-0.1, -0.05) is 23.5 Å². The molecule has 0 atom stereocenters. The molecule has 0 unspecified atom stereocenters. The number of nitrogens with one attached hydrogen (secondary N) is 1. The van der Waals surface area contributed by atoms with E-state index in [0.29, 0.717) is 17.9 Å². The predicted molar refractivity (Wildman–Crippen MR) is 84.5 cm³/mol. The van der Waals surface area contributed by atoms with Crippen molar-refractivity contribution in [3.05, 3.63) is 46.2 Å². The summed E-state index contributed by atoms with van der Waals surface area (Å²) < 4.78 is 7.00. The monoisotopic (exact) mass is 316 g/mol. The molecular formula is C15H16N4O2S. The molecule has 6 nitrogen and oxygen atoms in total. The van der Waals surface area contributed by atoms with E-state index in [-0.39, 0.29) is 5.91 Å². The Morgan fingerprint density at radius 2 is 2.14 bits per heavy atom. The molecule has 22 heavy (non-hydrogen) atoms. The Morgan fingerprint density at radius 1 is 1.36 bits per heavy atom. The minimum Gasteiger partial charge on any atom is -0.496 e. The van der Waals surface area contributed by atoms with Crippen molar-refractivity contribution in [2.24, 2.45) is 0 Å². The first-order chi connectivity index (χ1) is 10.6. The van der Waals surface area contributed by atoms with E-state index in [1.54, 1.807) is 23.8 Å². The lowest BCUT2D eigenvalue weighted by atomic mass is 10.2. The molecule has 0 saturated carbocycles. The number of hydrogen-bond donors (Lipinski definition) is 1. The van der Waals surface area contributed by atoms with Gasteiger partial charge in [-0.3, -0.25) is 4.79 Å². The second kappa shape index (κ2) is 5.76. The molecular weight excluding hydrogens is 300 g/mol. The Bertz CT molecular complexity index is 837. The number of ether oxygens (including phenoxy) is 1. The second-order valence-corrected chi connectivity index (χ2v) is 6.00. The number of imidazole rings is 1. The van der Waals surface area contributed by atoms with E-state index >= 15 is 0 Å². The van der Waals surface area contributed by atoms with Gasteiger partial charge in [0.25, 0.3) is 5.91 Å². The zero-order valence-corrected chi connectivity index (χ0v) is 13.4. The van der Waals surface area contributed by atoms with E-state index in [4.69, 9.17) is 4.74 Å². The van der Waals surface area contributed by atoms with Crippen molar-refractivity contribution in [3.8, 4) is 5.75 Å². The molecule has 0 bridgehead atoms. The Balaban J connectivity index is 1.81. The summed E-state index contributed by atoms with van der Waals surface area (Å²) in [5.41, 5.74) is 2.28. The fraction of sp³-hybridized carbons (Fsp3) is 0.267. The highest BCUT2D eigenvalue weighted by molar-refractivity contribution is 7.16. The van der Waals surface area contributed by atoms with Crippen LogP contribution < -0.4 is 10.1 Å². The molecule has 0 aliphatic carbocycles. The van der Waals surface area contributed by atoms with Crippen LogP contribution >= 0.6 is 11.3 Å². The number of aromatic nitrogens is 3. The lowest BCUT2D eigenvalue weighted by Crippen LogP contribution is -2.24. The van der Waals surface area contributed by atoms with Gasteiger partial charge in [-0.15, -0.1) is 0 Å². The molecule has 2 aromatic heterocycles. The van der Waals surface area contributed by atoms with E-state index in [1.807, 2.05) is 26.0 Å². The molecule has 0 fully saturated rings. The predicted octanol–water partition coefficient (Wildman–Crippen LogP) is 2.35. The van der Waals surface area contributed by atoms with E-state index in [0.717, 1.165) is 21.4 Å². The third-order valence-corrected chi connectivity index (χ3v) is 4.19. The number of benzene rings is 1. The van der Waals surface area contributed by atoms with Crippen LogP contribution in [0.1, 0.15) is 26.8 Å². The average Bonchev–Trinajstić information content (AvgIpc) is 3.00. The average molecular weight is 316 g/mol. The number of amides is 1. The van der Waals surface area contributed by atoms with Crippen LogP contribution in [0.2, 0.25) is 0 Å². The summed E-state index contributed by atoms with van der Waals surface area (Å²) in [6, 6.07) is 7.14. The number of aryl methyl sites for hydroxylation is 2. The van der Waals surface area contributed by atoms with Crippen LogP contribution in [-0.2, 0) is 6.54 Å². The van der Waals surface area contributed by atoms with Crippen LogP contribution in [0.5, 0.6) is 5.75 Å². The summed E-state index contributed by atoms with van der Waals surface area (Å²) in [6.07, 6.45) is 0. The van der Waals surface area contributed by atoms with E-state index in [1.165, 1.54) is 11.3 Å². The van der Waals surface area contributed by atoms with Crippen LogP contribution in [0.15, 0.2) is 24.3 Å². The van der Waals surface area contributed by atoms with E-state index in [2.05, 4.69) is 15.4 Å². The zero-order valence-electron chi connectivity index (χ0n) is 12.6. The lowest BCUT2D eigenvalue weighted by molar-refractivity contribution is 0.0947. The summed E-state index contributed by atoms with van der Waals surface area (Å²) in [5, 5.41) is 8.26. The van der Waals surface area contributed by atoms with Crippen LogP contribution in [-0.4, -0.2) is 27.6 Å². The molecule has 114 valence electrons. The quantitative estimate of drug-likeness (QED) is 0.802. The summed E-state index contributed by atoms with van der Waals surface area (Å²) in [5.74, 6) is 0.374. The molecule has 1 aromatic carbocycles. The number of carbonyl (C=O) groups excluding carboxylic acids is 1. The highest BCUT2D eigenvalue weighted by atomic mass is 32.1. The zero-order chi connectivity index (χ0) is 15.7. The molecule has 0 saturated heterocycles. The van der Waals surface area contributed by atoms with E-state index in [9.17, 15) is 4.79 Å². The van der Waals surface area contributed by atoms with Crippen LogP contribution in [0.4, 0.5) is 0 Å². The summed E-state index contributed by atoms with van der Waals surface area (Å²) in [6.45, 7) is 4.22. The number of para-hydroxylation sites is 1. The summed E-state index contributed by atoms with van der Waals surface area (Å²) in [7, 11) is 1.55. The molecule has 0 aliphatic heterocycles. The van der Waals surface area contributed by atoms with Gasteiger partial charge in [0.1, 0.15) is 10.8 Å². The van der Waals surface area contributed by atoms with Crippen LogP contribution in [0.25, 0.3) is 4.96 Å². The van der Waals surface area contributed by atoms with Gasteiger partial charge in [-0.2, -0.15) is 5.10 Å². The van der Waals surface area contributed by atoms with Gasteiger partial charge in [0.15, 0.2) is 0 Å². The maximum atomic E-state index is 12.3. The molecule has 0 spiro atoms. The number of fused-ring (bicyclic) bond motifs is 1. The van der Waals surface area contributed by atoms with Crippen LogP contribution in [0.3, 0.4) is 0 Å². The maximum Gasteiger partial charge on any atom is 0.255 e. The van der Waals surface area contributed by atoms with Crippen molar-refractivity contribution < 1.29 is 9.53 Å². The minimum absolute atomic E-state index is 0.182. The number of carbonyl (C=O) groups is 1. The number of methoxy groups -OCH3 is 1. The standard InChI is InChI=1S/C15H16N4O2S/c1-9-12(19-15(17-9)22-10(2)18-19)8-16-14(20)11-6-4-5-7-13(11)21-3/h4-7H,8H2,1-3H3,(H,16,20). The van der Waals surface area contributed by atoms with Crippen molar-refractivity contribution in [2.75, 3.05) is 7.11 Å². The van der Waals surface area contributed by atoms with Gasteiger partial charge in [0.05, 0.1) is 30.6 Å². The van der Waals surface area contributed by atoms with Gasteiger partial charge in [-0.25, -0.2) is 9.50 Å². The SMILES string of the molecule is COc1ccccc1C(=O)NCc1c(C)nc2sc(C)nn12. The number of rotatable bonds is 4. The third kappa shape index (κ3) is 2.55. The molecule has 7 heteroatoms. The molecule has 1 amide bonds. The molecule has 2 heterocycles. The highest BCUT2D eigenvalue weighted by Gasteiger charge is 2.15. The van der Waals surface area contributed by atoms with Crippen LogP contribution in [0, 0.1) is 13.8 Å². The van der Waals surface area contributed by atoms with Gasteiger partial charge < -0.3 is 10.1 Å². The summed E-state index contributed by atoms with van der Waals surface area (Å²) >= 11 is 1.53. The Morgan fingerprint density at radius 3 is 2.91 bits per heavy atom. The largest absolute Gasteiger partial charge is 0.496 e. The van der Waals surface area contributed by atoms with Gasteiger partial charge in [0.2, 0.25) is 4.96 Å². The second-order valence-electron chi connectivity index (χ2n) is 4.84. The smallest absolute Gasteiger partial charge is 0.255 e. The Labute approximate surface area is 131 Å². The minimum atomic E-state index is -0.182. The van der Waals surface area contributed by atoms with Crippen molar-refractivity contribution in [2.45, 2.75) is 20.4 Å². The first-order valence-electron chi connectivity index (χ1n) is 6.83. The summed E-state index contributed by atoms with van der Waals surface area (Å²) in [4.78, 5) is 17.6. The number of nitrogens with zero attached hydrogens (tertiary/aromatic N) is 3. The Kier molecular flexibility index (Phi) is 3.81. The molecule has 3 rings (SSSR count). The maximum absolute atomic E-state index is 12.3. The topological polar surface area (TPSA) is 68.5 Å². The fourth-order valence-electron chi connectivity index (χ4n) is 2.28. The molecule has 1 N–H and O–H groups in total. The van der Waals surface area contributed by atoms with Crippen molar-refractivity contribution >= 4 is 22.2 Å². The van der Waals surface area contributed by atoms with Crippen molar-refractivity contribution in [3.63, 3.8) is 0 Å². The fourth-order valence-corrected chi connectivity index (χ4v) is 3.09. The first kappa shape index (κ1) is 14.5. The normalized spacial score (nSPS) is 10.9. The van der Waals surface area contributed by atoms with Gasteiger partial charge >= 0.3 is 0 Å². The van der Waals surface area contributed by atoms with E-state index < -0.39 is 0 Å². The highest BCUT2D eigenvalue weighted by Crippen LogP contribution is 2.19. The third-order valence-electron chi connectivity index (χ3n) is 3.37. The van der Waals surface area contributed by atoms with Crippen molar-refractivity contribution in [1.82, 2.24) is 19.9 Å². The molecule has 3 aromatic rings. The Hall–Kier alpha value is -2.41. The lowest BCUT2D eigenvalue weighted by Gasteiger charge is -2.09. The van der Waals surface area contributed by atoms with Gasteiger partial charge in [0, 0.05) is 0 Å². The number of hydrogen-bond acceptors (Lipinski definition) is 5. The molecule has 0 aliphatic rings. The molecule has 0 radical (unpaired) electrons. The van der Waals surface area contributed by atoms with Crippen molar-refractivity contribution in [1.29, 1.82) is 0 Å². The van der Waals surface area contributed by atoms with Gasteiger partial charge in [-0.05, 0) is 26.0 Å².